The third kappa shape index (κ3) is 7.04. The van der Waals surface area contributed by atoms with Gasteiger partial charge in [-0.2, -0.15) is 0 Å². The monoisotopic (exact) mass is 430 g/mol. The summed E-state index contributed by atoms with van der Waals surface area (Å²) in [5, 5.41) is 19.3. The molecule has 0 unspecified atom stereocenters. The average molecular weight is 431 g/mol. The van der Waals surface area contributed by atoms with Crippen LogP contribution < -0.4 is 4.74 Å². The number of carbonyl (C=O) groups is 1. The van der Waals surface area contributed by atoms with Crippen molar-refractivity contribution in [1.82, 2.24) is 0 Å². The van der Waals surface area contributed by atoms with Gasteiger partial charge in [-0.25, -0.2) is 4.39 Å². The molecule has 2 aromatic rings. The minimum absolute atomic E-state index is 0.00411. The first kappa shape index (κ1) is 23.2. The zero-order valence-corrected chi connectivity index (χ0v) is 18.4. The number of quaternary nitrogens is 1. The standard InChI is InChI=1S/C25H32FNO4/c1-27(2,12-11-19-13-20-5-3-4-6-21(20)14-19)16-22(28)17-31-24-15-18(7-9-23(24)26)8-10-25(29)30/h3-7,9,15,19,22,28H,8,10-14,16-17H2,1-2H3/p+1/t22-/m1/s1. The number of ether oxygens (including phenoxy) is 1. The lowest BCUT2D eigenvalue weighted by Crippen LogP contribution is -2.48. The number of aliphatic carboxylic acids is 1. The number of carboxylic acids is 1. The fourth-order valence-electron chi connectivity index (χ4n) is 4.35. The molecule has 0 aromatic heterocycles. The Morgan fingerprint density at radius 3 is 2.52 bits per heavy atom. The Bertz CT molecular complexity index is 874. The quantitative estimate of drug-likeness (QED) is 0.536. The highest BCUT2D eigenvalue weighted by Gasteiger charge is 2.26. The number of aliphatic hydroxyl groups is 1. The molecule has 31 heavy (non-hydrogen) atoms. The maximum atomic E-state index is 14.0. The zero-order chi connectivity index (χ0) is 22.4. The topological polar surface area (TPSA) is 66.8 Å². The Balaban J connectivity index is 1.45. The van der Waals surface area contributed by atoms with E-state index in [9.17, 15) is 14.3 Å². The Kier molecular flexibility index (Phi) is 7.68. The predicted molar refractivity (Wildman–Crippen MR) is 118 cm³/mol. The summed E-state index contributed by atoms with van der Waals surface area (Å²) >= 11 is 0. The van der Waals surface area contributed by atoms with E-state index in [4.69, 9.17) is 9.84 Å². The lowest BCUT2D eigenvalue weighted by molar-refractivity contribution is -0.894. The Morgan fingerprint density at radius 2 is 1.87 bits per heavy atom. The zero-order valence-electron chi connectivity index (χ0n) is 18.4. The summed E-state index contributed by atoms with van der Waals surface area (Å²) in [5.74, 6) is -0.716. The smallest absolute Gasteiger partial charge is 0.303 e. The fraction of sp³-hybridized carbons (Fsp3) is 0.480. The van der Waals surface area contributed by atoms with Crippen LogP contribution >= 0.6 is 0 Å². The van der Waals surface area contributed by atoms with Gasteiger partial charge in [0.2, 0.25) is 0 Å². The van der Waals surface area contributed by atoms with Gasteiger partial charge in [-0.1, -0.05) is 30.3 Å². The van der Waals surface area contributed by atoms with Crippen LogP contribution in [0.3, 0.4) is 0 Å². The molecule has 0 radical (unpaired) electrons. The number of fused-ring (bicyclic) bond motifs is 1. The molecule has 0 saturated heterocycles. The summed E-state index contributed by atoms with van der Waals surface area (Å²) < 4.78 is 20.2. The van der Waals surface area contributed by atoms with E-state index in [2.05, 4.69) is 38.4 Å². The Hall–Kier alpha value is -2.44. The van der Waals surface area contributed by atoms with Crippen LogP contribution in [0.15, 0.2) is 42.5 Å². The third-order valence-electron chi connectivity index (χ3n) is 6.04. The highest BCUT2D eigenvalue weighted by atomic mass is 19.1. The van der Waals surface area contributed by atoms with Gasteiger partial charge in [-0.3, -0.25) is 4.79 Å². The first-order chi connectivity index (χ1) is 14.7. The summed E-state index contributed by atoms with van der Waals surface area (Å²) in [6.07, 6.45) is 2.90. The van der Waals surface area contributed by atoms with E-state index >= 15 is 0 Å². The molecule has 3 rings (SSSR count). The largest absolute Gasteiger partial charge is 0.488 e. The van der Waals surface area contributed by atoms with Crippen LogP contribution in [0.5, 0.6) is 5.75 Å². The number of aryl methyl sites for hydroxylation is 1. The molecule has 0 heterocycles. The van der Waals surface area contributed by atoms with Crippen LogP contribution in [-0.4, -0.2) is 60.6 Å². The van der Waals surface area contributed by atoms with Gasteiger partial charge in [0.25, 0.3) is 0 Å². The van der Waals surface area contributed by atoms with Crippen molar-refractivity contribution in [2.75, 3.05) is 33.8 Å². The van der Waals surface area contributed by atoms with Gasteiger partial charge in [0.05, 0.1) is 20.6 Å². The minimum Gasteiger partial charge on any atom is -0.488 e. The molecule has 0 fully saturated rings. The molecule has 2 N–H and O–H groups in total. The summed E-state index contributed by atoms with van der Waals surface area (Å²) in [6.45, 7) is 1.46. The van der Waals surface area contributed by atoms with Crippen LogP contribution in [-0.2, 0) is 24.1 Å². The summed E-state index contributed by atoms with van der Waals surface area (Å²) in [7, 11) is 4.19. The first-order valence-corrected chi connectivity index (χ1v) is 10.9. The van der Waals surface area contributed by atoms with Crippen molar-refractivity contribution in [1.29, 1.82) is 0 Å². The molecule has 6 heteroatoms. The van der Waals surface area contributed by atoms with Gasteiger partial charge >= 0.3 is 5.97 Å². The van der Waals surface area contributed by atoms with Gasteiger partial charge in [-0.15, -0.1) is 0 Å². The van der Waals surface area contributed by atoms with Gasteiger partial charge in [0, 0.05) is 12.8 Å². The number of likely N-dealkylation sites (N-methyl/N-ethyl adjacent to an activating group) is 1. The van der Waals surface area contributed by atoms with Crippen molar-refractivity contribution in [2.45, 2.75) is 38.2 Å². The molecule has 0 aliphatic heterocycles. The maximum absolute atomic E-state index is 14.0. The summed E-state index contributed by atoms with van der Waals surface area (Å²) in [5.41, 5.74) is 3.61. The molecule has 1 atom stereocenters. The van der Waals surface area contributed by atoms with E-state index in [1.165, 1.54) is 23.3 Å². The summed E-state index contributed by atoms with van der Waals surface area (Å²) in [4.78, 5) is 10.7. The van der Waals surface area contributed by atoms with E-state index in [-0.39, 0.29) is 18.8 Å². The van der Waals surface area contributed by atoms with Gasteiger partial charge in [-0.05, 0) is 54.0 Å². The van der Waals surface area contributed by atoms with E-state index in [0.29, 0.717) is 28.9 Å². The van der Waals surface area contributed by atoms with E-state index in [0.717, 1.165) is 25.8 Å². The second-order valence-electron chi connectivity index (χ2n) is 9.30. The predicted octanol–water partition coefficient (Wildman–Crippen LogP) is 3.46. The molecule has 0 amide bonds. The lowest BCUT2D eigenvalue weighted by atomic mass is 10.0. The normalized spacial score (nSPS) is 15.0. The van der Waals surface area contributed by atoms with Crippen molar-refractivity contribution in [3.8, 4) is 5.75 Å². The highest BCUT2D eigenvalue weighted by molar-refractivity contribution is 5.67. The lowest BCUT2D eigenvalue weighted by Gasteiger charge is -2.32. The first-order valence-electron chi connectivity index (χ1n) is 10.9. The second kappa shape index (κ2) is 10.2. The van der Waals surface area contributed by atoms with Crippen molar-refractivity contribution in [3.63, 3.8) is 0 Å². The number of nitrogens with zero attached hydrogens (tertiary/aromatic N) is 1. The van der Waals surface area contributed by atoms with E-state index in [1.807, 2.05) is 0 Å². The molecular formula is C25H33FNO4+. The molecule has 1 aliphatic rings. The SMILES string of the molecule is C[N+](C)(CCC1Cc2ccccc2C1)C[C@@H](O)COc1cc(CCC(=O)O)ccc1F. The number of rotatable bonds is 11. The van der Waals surface area contributed by atoms with Gasteiger partial charge in [0.15, 0.2) is 11.6 Å². The van der Waals surface area contributed by atoms with Crippen LogP contribution in [0.2, 0.25) is 0 Å². The number of halogens is 1. The number of benzene rings is 2. The van der Waals surface area contributed by atoms with Gasteiger partial charge in [0.1, 0.15) is 19.3 Å². The molecule has 0 saturated carbocycles. The third-order valence-corrected chi connectivity index (χ3v) is 6.04. The van der Waals surface area contributed by atoms with Crippen molar-refractivity contribution >= 4 is 5.97 Å². The van der Waals surface area contributed by atoms with Crippen molar-refractivity contribution in [2.24, 2.45) is 5.92 Å². The molecule has 168 valence electrons. The number of hydrogen-bond donors (Lipinski definition) is 2. The average Bonchev–Trinajstić information content (AvgIpc) is 3.13. The number of aliphatic hydroxyl groups excluding tert-OH is 1. The van der Waals surface area contributed by atoms with Crippen LogP contribution in [0, 0.1) is 11.7 Å². The maximum Gasteiger partial charge on any atom is 0.303 e. The van der Waals surface area contributed by atoms with Crippen molar-refractivity contribution in [3.05, 3.63) is 65.0 Å². The van der Waals surface area contributed by atoms with E-state index < -0.39 is 17.9 Å². The molecule has 2 aromatic carbocycles. The van der Waals surface area contributed by atoms with Crippen LogP contribution in [0.4, 0.5) is 4.39 Å². The highest BCUT2D eigenvalue weighted by Crippen LogP contribution is 2.29. The molecule has 0 bridgehead atoms. The fourth-order valence-corrected chi connectivity index (χ4v) is 4.35. The number of hydrogen-bond acceptors (Lipinski definition) is 3. The van der Waals surface area contributed by atoms with Crippen molar-refractivity contribution < 1.29 is 28.6 Å². The second-order valence-corrected chi connectivity index (χ2v) is 9.30. The van der Waals surface area contributed by atoms with E-state index in [1.54, 1.807) is 6.07 Å². The van der Waals surface area contributed by atoms with Crippen LogP contribution in [0.1, 0.15) is 29.5 Å². The molecular weight excluding hydrogens is 397 g/mol. The molecule has 1 aliphatic carbocycles. The Morgan fingerprint density at radius 1 is 1.19 bits per heavy atom. The summed E-state index contributed by atoms with van der Waals surface area (Å²) in [6, 6.07) is 13.0. The number of carboxylic acid groups (broad SMARTS) is 1. The molecule has 0 spiro atoms. The van der Waals surface area contributed by atoms with Gasteiger partial charge < -0.3 is 19.4 Å². The Labute approximate surface area is 183 Å². The molecule has 5 nitrogen and oxygen atoms in total. The minimum atomic E-state index is -0.899. The van der Waals surface area contributed by atoms with Crippen LogP contribution in [0.25, 0.3) is 0 Å².